The summed E-state index contributed by atoms with van der Waals surface area (Å²) in [6.45, 7) is 8.68. The highest BCUT2D eigenvalue weighted by atomic mass is 16.2. The molecule has 0 spiro atoms. The number of para-hydroxylation sites is 1. The third-order valence-electron chi connectivity index (χ3n) is 4.90. The zero-order valence-corrected chi connectivity index (χ0v) is 19.3. The van der Waals surface area contributed by atoms with Crippen LogP contribution in [-0.4, -0.2) is 39.6 Å². The number of carbonyl (C=O) groups is 2. The van der Waals surface area contributed by atoms with Crippen LogP contribution in [0.5, 0.6) is 0 Å². The minimum Gasteiger partial charge on any atom is -0.333 e. The first kappa shape index (κ1) is 23.3. The van der Waals surface area contributed by atoms with E-state index < -0.39 is 0 Å². The molecule has 0 saturated heterocycles. The maximum atomic E-state index is 13.0. The molecule has 0 radical (unpaired) electrons. The van der Waals surface area contributed by atoms with Crippen LogP contribution in [0, 0.1) is 11.8 Å². The molecule has 0 fully saturated rings. The third kappa shape index (κ3) is 6.30. The van der Waals surface area contributed by atoms with Crippen LogP contribution < -0.4 is 5.32 Å². The number of hydrogen-bond acceptors (Lipinski definition) is 3. The van der Waals surface area contributed by atoms with E-state index in [0.717, 1.165) is 16.9 Å². The lowest BCUT2D eigenvalue weighted by molar-refractivity contribution is -0.135. The maximum Gasteiger partial charge on any atom is 0.245 e. The van der Waals surface area contributed by atoms with Gasteiger partial charge in [0.05, 0.1) is 17.9 Å². The Morgan fingerprint density at radius 2 is 1.56 bits per heavy atom. The van der Waals surface area contributed by atoms with Gasteiger partial charge in [0.2, 0.25) is 11.8 Å². The molecule has 0 aliphatic rings. The second kappa shape index (κ2) is 10.8. The molecule has 3 aromatic rings. The fourth-order valence-electron chi connectivity index (χ4n) is 3.52. The molecule has 3 rings (SSSR count). The van der Waals surface area contributed by atoms with Crippen LogP contribution in [-0.2, 0) is 9.59 Å². The van der Waals surface area contributed by atoms with E-state index in [2.05, 4.69) is 5.32 Å². The first-order chi connectivity index (χ1) is 15.3. The largest absolute Gasteiger partial charge is 0.333 e. The molecule has 2 aromatic carbocycles. The van der Waals surface area contributed by atoms with E-state index in [9.17, 15) is 9.59 Å². The van der Waals surface area contributed by atoms with Gasteiger partial charge in [-0.05, 0) is 24.0 Å². The summed E-state index contributed by atoms with van der Waals surface area (Å²) < 4.78 is 1.73. The summed E-state index contributed by atoms with van der Waals surface area (Å²) >= 11 is 0. The minimum atomic E-state index is -0.237. The Kier molecular flexibility index (Phi) is 7.82. The van der Waals surface area contributed by atoms with Gasteiger partial charge in [-0.3, -0.25) is 9.59 Å². The van der Waals surface area contributed by atoms with Crippen molar-refractivity contribution in [2.24, 2.45) is 11.8 Å². The molecule has 0 bridgehead atoms. The monoisotopic (exact) mass is 432 g/mol. The van der Waals surface area contributed by atoms with Crippen molar-refractivity contribution in [3.63, 3.8) is 0 Å². The number of hydrogen-bond donors (Lipinski definition) is 1. The smallest absolute Gasteiger partial charge is 0.245 e. The number of amides is 2. The summed E-state index contributed by atoms with van der Waals surface area (Å²) in [7, 11) is 0. The number of carbonyl (C=O) groups excluding carboxylic acids is 2. The van der Waals surface area contributed by atoms with Crippen LogP contribution in [0.1, 0.15) is 34.1 Å². The Labute approximate surface area is 190 Å². The molecule has 6 heteroatoms. The minimum absolute atomic E-state index is 0.00499. The molecule has 2 amide bonds. The Morgan fingerprint density at radius 1 is 0.938 bits per heavy atom. The molecule has 32 heavy (non-hydrogen) atoms. The van der Waals surface area contributed by atoms with E-state index in [1.54, 1.807) is 9.58 Å². The topological polar surface area (TPSA) is 67.2 Å². The summed E-state index contributed by atoms with van der Waals surface area (Å²) in [6.07, 6.45) is 0.431. The Bertz CT molecular complexity index is 1030. The lowest BCUT2D eigenvalue weighted by atomic mass is 10.1. The van der Waals surface area contributed by atoms with Gasteiger partial charge in [-0.2, -0.15) is 5.10 Å². The molecule has 1 heterocycles. The predicted octanol–water partition coefficient (Wildman–Crippen LogP) is 5.01. The number of benzene rings is 2. The fraction of sp³-hybridized carbons (Fsp3) is 0.346. The van der Waals surface area contributed by atoms with E-state index in [-0.39, 0.29) is 30.2 Å². The van der Waals surface area contributed by atoms with Crippen LogP contribution in [0.25, 0.3) is 16.9 Å². The Balaban J connectivity index is 1.85. The van der Waals surface area contributed by atoms with E-state index in [0.29, 0.717) is 18.8 Å². The summed E-state index contributed by atoms with van der Waals surface area (Å²) in [5.41, 5.74) is 2.57. The van der Waals surface area contributed by atoms with Gasteiger partial charge in [0, 0.05) is 24.6 Å². The van der Waals surface area contributed by atoms with Crippen LogP contribution >= 0.6 is 0 Å². The van der Waals surface area contributed by atoms with Gasteiger partial charge in [0.25, 0.3) is 0 Å². The molecule has 1 N–H and O–H groups in total. The lowest BCUT2D eigenvalue weighted by Gasteiger charge is -2.25. The van der Waals surface area contributed by atoms with Gasteiger partial charge in [-0.15, -0.1) is 0 Å². The highest BCUT2D eigenvalue weighted by molar-refractivity contribution is 5.94. The average Bonchev–Trinajstić information content (AvgIpc) is 3.17. The molecule has 0 aliphatic carbocycles. The van der Waals surface area contributed by atoms with Gasteiger partial charge in [-0.1, -0.05) is 76.2 Å². The highest BCUT2D eigenvalue weighted by Crippen LogP contribution is 2.24. The van der Waals surface area contributed by atoms with Crippen molar-refractivity contribution in [2.75, 3.05) is 18.4 Å². The summed E-state index contributed by atoms with van der Waals surface area (Å²) in [5.74, 6) is 0.859. The quantitative estimate of drug-likeness (QED) is 0.517. The van der Waals surface area contributed by atoms with Gasteiger partial charge < -0.3 is 10.2 Å². The first-order valence-corrected chi connectivity index (χ1v) is 11.1. The molecular formula is C26H32N4O2. The molecule has 6 nitrogen and oxygen atoms in total. The normalized spacial score (nSPS) is 11.1. The highest BCUT2D eigenvalue weighted by Gasteiger charge is 2.21. The zero-order chi connectivity index (χ0) is 23.1. The van der Waals surface area contributed by atoms with Crippen molar-refractivity contribution in [3.8, 4) is 16.9 Å². The second-order valence-electron chi connectivity index (χ2n) is 8.84. The van der Waals surface area contributed by atoms with Crippen molar-refractivity contribution in [1.29, 1.82) is 0 Å². The van der Waals surface area contributed by atoms with Crippen molar-refractivity contribution < 1.29 is 9.59 Å². The number of aromatic nitrogens is 2. The van der Waals surface area contributed by atoms with E-state index in [4.69, 9.17) is 5.10 Å². The van der Waals surface area contributed by atoms with Gasteiger partial charge in [0.15, 0.2) is 0 Å². The number of anilines is 1. The van der Waals surface area contributed by atoms with Crippen LogP contribution in [0.4, 0.5) is 5.82 Å². The van der Waals surface area contributed by atoms with Crippen molar-refractivity contribution >= 4 is 17.6 Å². The van der Waals surface area contributed by atoms with Crippen molar-refractivity contribution in [2.45, 2.75) is 34.1 Å². The summed E-state index contributed by atoms with van der Waals surface area (Å²) in [5, 5.41) is 7.71. The third-order valence-corrected chi connectivity index (χ3v) is 4.90. The molecule has 0 atom stereocenters. The molecule has 0 unspecified atom stereocenters. The van der Waals surface area contributed by atoms with Crippen LogP contribution in [0.15, 0.2) is 66.7 Å². The summed E-state index contributed by atoms with van der Waals surface area (Å²) in [4.78, 5) is 27.3. The lowest BCUT2D eigenvalue weighted by Crippen LogP contribution is -2.40. The second-order valence-corrected chi connectivity index (χ2v) is 8.84. The van der Waals surface area contributed by atoms with Crippen molar-refractivity contribution in [1.82, 2.24) is 14.7 Å². The maximum absolute atomic E-state index is 13.0. The van der Waals surface area contributed by atoms with Gasteiger partial charge in [-0.25, -0.2) is 4.68 Å². The number of rotatable bonds is 9. The molecule has 0 aliphatic heterocycles. The molecule has 168 valence electrons. The van der Waals surface area contributed by atoms with Gasteiger partial charge >= 0.3 is 0 Å². The van der Waals surface area contributed by atoms with E-state index >= 15 is 0 Å². The average molecular weight is 433 g/mol. The van der Waals surface area contributed by atoms with Gasteiger partial charge in [0.1, 0.15) is 5.82 Å². The first-order valence-electron chi connectivity index (χ1n) is 11.1. The molecular weight excluding hydrogens is 400 g/mol. The Hall–Kier alpha value is -3.41. The Morgan fingerprint density at radius 3 is 2.16 bits per heavy atom. The molecule has 1 aromatic heterocycles. The SMILES string of the molecule is CC(C)CC(=O)N(CC(=O)Nc1cc(-c2ccccc2)nn1-c1ccccc1)CC(C)C. The predicted molar refractivity (Wildman–Crippen MR) is 129 cm³/mol. The summed E-state index contributed by atoms with van der Waals surface area (Å²) in [6, 6.07) is 21.4. The number of nitrogens with one attached hydrogen (secondary N) is 1. The van der Waals surface area contributed by atoms with E-state index in [1.165, 1.54) is 0 Å². The van der Waals surface area contributed by atoms with E-state index in [1.807, 2.05) is 94.4 Å². The molecule has 0 saturated carbocycles. The standard InChI is InChI=1S/C26H32N4O2/c1-19(2)15-26(32)29(17-20(3)4)18-25(31)27-24-16-23(21-11-7-5-8-12-21)28-30(24)22-13-9-6-10-14-22/h5-14,16,19-20H,15,17-18H2,1-4H3,(H,27,31). The zero-order valence-electron chi connectivity index (χ0n) is 19.3. The van der Waals surface area contributed by atoms with Crippen LogP contribution in [0.3, 0.4) is 0 Å². The fourth-order valence-corrected chi connectivity index (χ4v) is 3.52. The van der Waals surface area contributed by atoms with Crippen molar-refractivity contribution in [3.05, 3.63) is 66.7 Å². The van der Waals surface area contributed by atoms with Crippen LogP contribution in [0.2, 0.25) is 0 Å². The number of nitrogens with zero attached hydrogens (tertiary/aromatic N) is 3.